The van der Waals surface area contributed by atoms with Crippen LogP contribution >= 0.6 is 22.9 Å². The van der Waals surface area contributed by atoms with E-state index in [9.17, 15) is 19.5 Å². The van der Waals surface area contributed by atoms with Crippen LogP contribution in [0.1, 0.15) is 33.4 Å². The van der Waals surface area contributed by atoms with Gasteiger partial charge in [0.25, 0.3) is 0 Å². The summed E-state index contributed by atoms with van der Waals surface area (Å²) < 4.78 is 5.08. The van der Waals surface area contributed by atoms with Gasteiger partial charge >= 0.3 is 11.9 Å². The third-order valence-electron chi connectivity index (χ3n) is 2.24. The first-order valence-corrected chi connectivity index (χ1v) is 7.81. The number of anilines is 1. The van der Waals surface area contributed by atoms with Crippen LogP contribution in [-0.4, -0.2) is 45.9 Å². The highest BCUT2D eigenvalue weighted by atomic mass is 35.5. The second-order valence-electron chi connectivity index (χ2n) is 5.43. The van der Waals surface area contributed by atoms with Crippen molar-refractivity contribution in [1.29, 1.82) is 0 Å². The third kappa shape index (κ3) is 5.78. The van der Waals surface area contributed by atoms with Gasteiger partial charge in [-0.15, -0.1) is 0 Å². The van der Waals surface area contributed by atoms with Crippen LogP contribution in [0.25, 0.3) is 0 Å². The highest BCUT2D eigenvalue weighted by Crippen LogP contribution is 2.28. The molecule has 132 valence electrons. The van der Waals surface area contributed by atoms with Gasteiger partial charge in [0.05, 0.1) is 0 Å². The van der Waals surface area contributed by atoms with Crippen molar-refractivity contribution in [1.82, 2.24) is 4.98 Å². The molecule has 0 spiro atoms. The van der Waals surface area contributed by atoms with E-state index in [1.807, 2.05) is 0 Å². The van der Waals surface area contributed by atoms with E-state index in [2.05, 4.69) is 15.5 Å². The Balaban J connectivity index is 2.96. The van der Waals surface area contributed by atoms with E-state index in [4.69, 9.17) is 21.2 Å². The topological polar surface area (TPSA) is 127 Å². The van der Waals surface area contributed by atoms with E-state index in [-0.39, 0.29) is 15.2 Å². The number of aliphatic carboxylic acids is 1. The zero-order valence-corrected chi connectivity index (χ0v) is 14.9. The molecule has 0 aliphatic heterocycles. The molecule has 24 heavy (non-hydrogen) atoms. The monoisotopic (exact) mass is 377 g/mol. The van der Waals surface area contributed by atoms with Gasteiger partial charge in [-0.3, -0.25) is 4.79 Å². The summed E-state index contributed by atoms with van der Waals surface area (Å²) in [6, 6.07) is 0. The Hall–Kier alpha value is -2.20. The van der Waals surface area contributed by atoms with Crippen molar-refractivity contribution in [2.75, 3.05) is 5.32 Å². The van der Waals surface area contributed by atoms with Gasteiger partial charge in [0.2, 0.25) is 18.2 Å². The SMILES string of the molecule is CC(O/N=C(/C(=O)O)c1nc(NC=O)sc1Cl)C(=O)OC(C)(C)C. The summed E-state index contributed by atoms with van der Waals surface area (Å²) >= 11 is 6.75. The average Bonchev–Trinajstić information content (AvgIpc) is 2.78. The maximum atomic E-state index is 11.8. The van der Waals surface area contributed by atoms with Crippen molar-refractivity contribution >= 4 is 52.1 Å². The number of hydrogen-bond donors (Lipinski definition) is 2. The quantitative estimate of drug-likeness (QED) is 0.321. The van der Waals surface area contributed by atoms with Crippen LogP contribution in [0, 0.1) is 0 Å². The number of ether oxygens (including phenoxy) is 1. The minimum Gasteiger partial charge on any atom is -0.476 e. The average molecular weight is 378 g/mol. The van der Waals surface area contributed by atoms with Gasteiger partial charge < -0.3 is 20.0 Å². The number of aromatic nitrogens is 1. The summed E-state index contributed by atoms with van der Waals surface area (Å²) in [5.41, 5.74) is -1.51. The molecule has 11 heteroatoms. The van der Waals surface area contributed by atoms with Gasteiger partial charge in [-0.2, -0.15) is 0 Å². The number of nitrogens with one attached hydrogen (secondary N) is 1. The van der Waals surface area contributed by atoms with Gasteiger partial charge in [0.1, 0.15) is 15.6 Å². The number of oxime groups is 1. The molecule has 1 aromatic rings. The molecule has 2 N–H and O–H groups in total. The van der Waals surface area contributed by atoms with Crippen molar-refractivity contribution in [3.63, 3.8) is 0 Å². The molecule has 0 aromatic carbocycles. The molecule has 1 heterocycles. The number of esters is 1. The second-order valence-corrected chi connectivity index (χ2v) is 7.03. The van der Waals surface area contributed by atoms with Crippen LogP contribution in [0.5, 0.6) is 0 Å². The first kappa shape index (κ1) is 19.8. The summed E-state index contributed by atoms with van der Waals surface area (Å²) in [7, 11) is 0. The van der Waals surface area contributed by atoms with Crippen molar-refractivity contribution in [3.8, 4) is 0 Å². The number of carboxylic acid groups (broad SMARTS) is 1. The largest absolute Gasteiger partial charge is 0.476 e. The Kier molecular flexibility index (Phi) is 6.67. The fourth-order valence-electron chi connectivity index (χ4n) is 1.30. The van der Waals surface area contributed by atoms with Gasteiger partial charge in [-0.25, -0.2) is 14.6 Å². The van der Waals surface area contributed by atoms with E-state index in [1.165, 1.54) is 6.92 Å². The van der Waals surface area contributed by atoms with Gasteiger partial charge in [0.15, 0.2) is 5.13 Å². The molecular weight excluding hydrogens is 362 g/mol. The summed E-state index contributed by atoms with van der Waals surface area (Å²) in [6.07, 6.45) is -0.763. The Morgan fingerprint density at radius 3 is 2.58 bits per heavy atom. The van der Waals surface area contributed by atoms with E-state index >= 15 is 0 Å². The smallest absolute Gasteiger partial charge is 0.360 e. The molecule has 0 fully saturated rings. The number of carbonyl (C=O) groups is 3. The zero-order valence-electron chi connectivity index (χ0n) is 13.3. The molecule has 1 amide bonds. The normalized spacial score (nSPS) is 13.1. The van der Waals surface area contributed by atoms with E-state index < -0.39 is 29.4 Å². The lowest BCUT2D eigenvalue weighted by atomic mass is 10.2. The predicted molar refractivity (Wildman–Crippen MR) is 87.4 cm³/mol. The standard InChI is InChI=1S/C13H16ClN3O6S/c1-6(11(21)22-13(2,3)4)23-17-8(10(19)20)7-9(14)24-12(16-7)15-5-18/h5-6H,1-4H3,(H,19,20)(H,15,16,18)/b17-8+. The number of amides is 1. The number of carboxylic acids is 1. The number of nitrogens with zero attached hydrogens (tertiary/aromatic N) is 2. The van der Waals surface area contributed by atoms with Crippen LogP contribution < -0.4 is 5.32 Å². The molecule has 9 nitrogen and oxygen atoms in total. The summed E-state index contributed by atoms with van der Waals surface area (Å²) in [4.78, 5) is 42.2. The van der Waals surface area contributed by atoms with Crippen molar-refractivity contribution < 1.29 is 29.1 Å². The zero-order chi connectivity index (χ0) is 18.5. The lowest BCUT2D eigenvalue weighted by Crippen LogP contribution is -2.31. The summed E-state index contributed by atoms with van der Waals surface area (Å²) in [6.45, 7) is 6.40. The fourth-order valence-corrected chi connectivity index (χ4v) is 2.31. The van der Waals surface area contributed by atoms with Crippen molar-refractivity contribution in [2.45, 2.75) is 39.4 Å². The highest BCUT2D eigenvalue weighted by molar-refractivity contribution is 7.20. The minimum atomic E-state index is -1.46. The number of carbonyl (C=O) groups excluding carboxylic acids is 2. The van der Waals surface area contributed by atoms with E-state index in [0.717, 1.165) is 11.3 Å². The number of rotatable bonds is 7. The van der Waals surface area contributed by atoms with Gasteiger partial charge in [-0.05, 0) is 27.7 Å². The van der Waals surface area contributed by atoms with Crippen LogP contribution in [0.2, 0.25) is 4.34 Å². The Bertz CT molecular complexity index is 667. The molecule has 0 saturated carbocycles. The first-order valence-electron chi connectivity index (χ1n) is 6.62. The third-order valence-corrected chi connectivity index (χ3v) is 3.42. The van der Waals surface area contributed by atoms with Crippen LogP contribution in [0.3, 0.4) is 0 Å². The molecule has 0 radical (unpaired) electrons. The first-order chi connectivity index (χ1) is 11.0. The lowest BCUT2D eigenvalue weighted by Gasteiger charge is -2.21. The fraction of sp³-hybridized carbons (Fsp3) is 0.462. The number of thiazole rings is 1. The van der Waals surface area contributed by atoms with Crippen LogP contribution in [-0.2, 0) is 24.0 Å². The molecule has 1 rings (SSSR count). The van der Waals surface area contributed by atoms with Crippen LogP contribution in [0.15, 0.2) is 5.16 Å². The molecule has 1 aromatic heterocycles. The Morgan fingerprint density at radius 2 is 2.08 bits per heavy atom. The number of halogens is 1. The molecule has 1 unspecified atom stereocenters. The molecule has 0 saturated heterocycles. The van der Waals surface area contributed by atoms with Crippen molar-refractivity contribution in [3.05, 3.63) is 10.0 Å². The van der Waals surface area contributed by atoms with E-state index in [1.54, 1.807) is 20.8 Å². The predicted octanol–water partition coefficient (Wildman–Crippen LogP) is 1.90. The summed E-state index contributed by atoms with van der Waals surface area (Å²) in [5.74, 6) is -2.17. The van der Waals surface area contributed by atoms with E-state index in [0.29, 0.717) is 6.41 Å². The maximum Gasteiger partial charge on any atom is 0.360 e. The highest BCUT2D eigenvalue weighted by Gasteiger charge is 2.26. The lowest BCUT2D eigenvalue weighted by molar-refractivity contribution is -0.167. The van der Waals surface area contributed by atoms with Crippen molar-refractivity contribution in [2.24, 2.45) is 5.16 Å². The molecule has 0 aliphatic carbocycles. The van der Waals surface area contributed by atoms with Crippen LogP contribution in [0.4, 0.5) is 5.13 Å². The van der Waals surface area contributed by atoms with Gasteiger partial charge in [0, 0.05) is 0 Å². The molecule has 0 aliphatic rings. The maximum absolute atomic E-state index is 11.8. The molecule has 0 bridgehead atoms. The Labute approximate surface area is 146 Å². The molecular formula is C13H16ClN3O6S. The molecule has 1 atom stereocenters. The number of hydrogen-bond acceptors (Lipinski definition) is 8. The second kappa shape index (κ2) is 8.06. The Morgan fingerprint density at radius 1 is 1.46 bits per heavy atom. The summed E-state index contributed by atoms with van der Waals surface area (Å²) in [5, 5.41) is 15.0. The van der Waals surface area contributed by atoms with Gasteiger partial charge in [-0.1, -0.05) is 28.1 Å². The minimum absolute atomic E-state index is 0.00554.